The molecule has 2 aromatic rings. The van der Waals surface area contributed by atoms with E-state index < -0.39 is 0 Å². The first kappa shape index (κ1) is 14.9. The summed E-state index contributed by atoms with van der Waals surface area (Å²) < 4.78 is 0. The van der Waals surface area contributed by atoms with Crippen LogP contribution in [0.2, 0.25) is 0 Å². The van der Waals surface area contributed by atoms with Crippen molar-refractivity contribution in [2.75, 3.05) is 44.2 Å². The number of aromatic nitrogens is 3. The summed E-state index contributed by atoms with van der Waals surface area (Å²) in [6.07, 6.45) is 7.19. The van der Waals surface area contributed by atoms with E-state index in [2.05, 4.69) is 30.1 Å². The van der Waals surface area contributed by atoms with E-state index in [9.17, 15) is 0 Å². The molecule has 6 nitrogen and oxygen atoms in total. The van der Waals surface area contributed by atoms with Crippen LogP contribution in [0.25, 0.3) is 0 Å². The molecule has 0 radical (unpaired) electrons. The summed E-state index contributed by atoms with van der Waals surface area (Å²) in [5, 5.41) is 3.45. The Hall–Kier alpha value is -2.05. The number of anilines is 1. The van der Waals surface area contributed by atoms with Crippen molar-refractivity contribution in [2.45, 2.75) is 6.54 Å². The number of nitrogens with one attached hydrogen (secondary N) is 1. The van der Waals surface area contributed by atoms with Crippen LogP contribution in [0.1, 0.15) is 5.69 Å². The van der Waals surface area contributed by atoms with Crippen LogP contribution < -0.4 is 10.2 Å². The van der Waals surface area contributed by atoms with Crippen LogP contribution in [0.5, 0.6) is 0 Å². The van der Waals surface area contributed by atoms with Crippen LogP contribution in [-0.4, -0.2) is 59.1 Å². The molecule has 0 saturated carbocycles. The Morgan fingerprint density at radius 2 is 1.86 bits per heavy atom. The van der Waals surface area contributed by atoms with Crippen molar-refractivity contribution in [3.63, 3.8) is 0 Å². The number of pyridine rings is 1. The van der Waals surface area contributed by atoms with Crippen molar-refractivity contribution < 1.29 is 0 Å². The maximum atomic E-state index is 4.31. The lowest BCUT2D eigenvalue weighted by atomic mass is 10.3. The summed E-state index contributed by atoms with van der Waals surface area (Å²) >= 11 is 0. The summed E-state index contributed by atoms with van der Waals surface area (Å²) in [4.78, 5) is 17.3. The van der Waals surface area contributed by atoms with Gasteiger partial charge < -0.3 is 10.2 Å². The van der Waals surface area contributed by atoms with Gasteiger partial charge in [-0.05, 0) is 12.1 Å². The highest BCUT2D eigenvalue weighted by molar-refractivity contribution is 5.41. The highest BCUT2D eigenvalue weighted by Crippen LogP contribution is 2.12. The van der Waals surface area contributed by atoms with Gasteiger partial charge in [0.15, 0.2) is 0 Å². The van der Waals surface area contributed by atoms with Crippen LogP contribution in [0.4, 0.5) is 5.69 Å². The van der Waals surface area contributed by atoms with Gasteiger partial charge in [0.25, 0.3) is 0 Å². The Kier molecular flexibility index (Phi) is 5.28. The molecule has 6 heteroatoms. The molecule has 1 fully saturated rings. The molecule has 0 amide bonds. The Bertz CT molecular complexity index is 539. The second-order valence-electron chi connectivity index (χ2n) is 5.42. The van der Waals surface area contributed by atoms with E-state index in [0.29, 0.717) is 0 Å². The van der Waals surface area contributed by atoms with Crippen LogP contribution in [-0.2, 0) is 6.54 Å². The minimum Gasteiger partial charge on any atom is -0.366 e. The smallest absolute Gasteiger partial charge is 0.115 e. The third kappa shape index (κ3) is 4.22. The average molecular weight is 298 g/mol. The van der Waals surface area contributed by atoms with Gasteiger partial charge in [0.1, 0.15) is 6.33 Å². The normalized spacial score (nSPS) is 15.9. The SMILES string of the molecule is c1ccc(CNCCN2CCN(c3cncnc3)CC2)nc1. The molecule has 0 atom stereocenters. The molecular formula is C16H22N6. The lowest BCUT2D eigenvalue weighted by molar-refractivity contribution is 0.257. The van der Waals surface area contributed by atoms with Crippen molar-refractivity contribution in [3.05, 3.63) is 48.8 Å². The fourth-order valence-corrected chi connectivity index (χ4v) is 2.64. The summed E-state index contributed by atoms with van der Waals surface area (Å²) in [7, 11) is 0. The number of nitrogens with zero attached hydrogens (tertiary/aromatic N) is 5. The molecule has 1 N–H and O–H groups in total. The Morgan fingerprint density at radius 1 is 1.05 bits per heavy atom. The quantitative estimate of drug-likeness (QED) is 0.796. The minimum atomic E-state index is 0.835. The fourth-order valence-electron chi connectivity index (χ4n) is 2.64. The van der Waals surface area contributed by atoms with Crippen molar-refractivity contribution >= 4 is 5.69 Å². The van der Waals surface area contributed by atoms with Gasteiger partial charge in [-0.1, -0.05) is 6.07 Å². The highest BCUT2D eigenvalue weighted by Gasteiger charge is 2.16. The van der Waals surface area contributed by atoms with E-state index in [4.69, 9.17) is 0 Å². The second-order valence-corrected chi connectivity index (χ2v) is 5.42. The first-order valence-electron chi connectivity index (χ1n) is 7.75. The lowest BCUT2D eigenvalue weighted by Crippen LogP contribution is -2.48. The maximum absolute atomic E-state index is 4.31. The molecule has 1 aliphatic heterocycles. The van der Waals surface area contributed by atoms with Crippen LogP contribution in [0.15, 0.2) is 43.1 Å². The molecule has 3 rings (SSSR count). The van der Waals surface area contributed by atoms with Gasteiger partial charge in [0.05, 0.1) is 23.8 Å². The van der Waals surface area contributed by atoms with Crippen LogP contribution >= 0.6 is 0 Å². The monoisotopic (exact) mass is 298 g/mol. The van der Waals surface area contributed by atoms with Gasteiger partial charge in [-0.2, -0.15) is 0 Å². The summed E-state index contributed by atoms with van der Waals surface area (Å²) in [5.41, 5.74) is 2.21. The van der Waals surface area contributed by atoms with Crippen LogP contribution in [0.3, 0.4) is 0 Å². The predicted molar refractivity (Wildman–Crippen MR) is 86.6 cm³/mol. The number of hydrogen-bond donors (Lipinski definition) is 1. The van der Waals surface area contributed by atoms with Crippen molar-refractivity contribution in [1.29, 1.82) is 0 Å². The van der Waals surface area contributed by atoms with Gasteiger partial charge in [-0.25, -0.2) is 9.97 Å². The Morgan fingerprint density at radius 3 is 2.59 bits per heavy atom. The summed E-state index contributed by atoms with van der Waals surface area (Å²) in [6, 6.07) is 6.02. The molecule has 116 valence electrons. The molecule has 0 spiro atoms. The van der Waals surface area contributed by atoms with Crippen LogP contribution in [0, 0.1) is 0 Å². The zero-order valence-corrected chi connectivity index (χ0v) is 12.7. The second kappa shape index (κ2) is 7.82. The predicted octanol–water partition coefficient (Wildman–Crippen LogP) is 0.783. The number of piperazine rings is 1. The largest absolute Gasteiger partial charge is 0.366 e. The molecule has 22 heavy (non-hydrogen) atoms. The van der Waals surface area contributed by atoms with E-state index >= 15 is 0 Å². The first-order valence-corrected chi connectivity index (χ1v) is 7.75. The molecular weight excluding hydrogens is 276 g/mol. The topological polar surface area (TPSA) is 57.2 Å². The van der Waals surface area contributed by atoms with E-state index in [1.165, 1.54) is 0 Å². The van der Waals surface area contributed by atoms with E-state index in [1.807, 2.05) is 36.8 Å². The molecule has 1 saturated heterocycles. The third-order valence-electron chi connectivity index (χ3n) is 3.92. The number of rotatable bonds is 6. The Labute approximate surface area is 131 Å². The highest BCUT2D eigenvalue weighted by atomic mass is 15.3. The van der Waals surface area contributed by atoms with Gasteiger partial charge in [-0.3, -0.25) is 9.88 Å². The summed E-state index contributed by atoms with van der Waals surface area (Å²) in [5.74, 6) is 0. The standard InChI is InChI=1S/C16H22N6/c1-2-4-20-15(3-1)11-17-5-6-21-7-9-22(10-8-21)16-12-18-14-19-13-16/h1-4,12-14,17H,5-11H2. The third-order valence-corrected chi connectivity index (χ3v) is 3.92. The van der Waals surface area contributed by atoms with E-state index in [0.717, 1.165) is 57.2 Å². The van der Waals surface area contributed by atoms with Gasteiger partial charge in [0.2, 0.25) is 0 Å². The number of hydrogen-bond acceptors (Lipinski definition) is 6. The van der Waals surface area contributed by atoms with Crippen molar-refractivity contribution in [3.8, 4) is 0 Å². The van der Waals surface area contributed by atoms with E-state index in [1.54, 1.807) is 6.33 Å². The zero-order chi connectivity index (χ0) is 15.0. The molecule has 1 aliphatic rings. The Balaban J connectivity index is 1.34. The molecule has 2 aromatic heterocycles. The maximum Gasteiger partial charge on any atom is 0.115 e. The molecule has 0 aromatic carbocycles. The molecule has 0 unspecified atom stereocenters. The van der Waals surface area contributed by atoms with Gasteiger partial charge >= 0.3 is 0 Å². The fraction of sp³-hybridized carbons (Fsp3) is 0.438. The lowest BCUT2D eigenvalue weighted by Gasteiger charge is -2.35. The van der Waals surface area contributed by atoms with Crippen molar-refractivity contribution in [2.24, 2.45) is 0 Å². The van der Waals surface area contributed by atoms with Gasteiger partial charge in [0, 0.05) is 52.0 Å². The zero-order valence-electron chi connectivity index (χ0n) is 12.7. The average Bonchev–Trinajstić information content (AvgIpc) is 2.61. The van der Waals surface area contributed by atoms with Gasteiger partial charge in [-0.15, -0.1) is 0 Å². The molecule has 0 bridgehead atoms. The molecule has 0 aliphatic carbocycles. The molecule has 3 heterocycles. The minimum absolute atomic E-state index is 0.835. The van der Waals surface area contributed by atoms with E-state index in [-0.39, 0.29) is 0 Å². The van der Waals surface area contributed by atoms with Crippen molar-refractivity contribution in [1.82, 2.24) is 25.2 Å². The first-order chi connectivity index (χ1) is 10.9. The summed E-state index contributed by atoms with van der Waals surface area (Å²) in [6.45, 7) is 7.14.